The lowest BCUT2D eigenvalue weighted by Crippen LogP contribution is -2.29. The van der Waals surface area contributed by atoms with Crippen LogP contribution < -0.4 is 19.8 Å². The van der Waals surface area contributed by atoms with E-state index in [-0.39, 0.29) is 33.5 Å². The van der Waals surface area contributed by atoms with Gasteiger partial charge in [-0.25, -0.2) is 0 Å². The van der Waals surface area contributed by atoms with Gasteiger partial charge < -0.3 is 13.9 Å². The molecule has 1 unspecified atom stereocenters. The summed E-state index contributed by atoms with van der Waals surface area (Å²) in [6, 6.07) is 16.1. The molecular formula is C32H30ClNO6. The van der Waals surface area contributed by atoms with Crippen LogP contribution in [0.5, 0.6) is 11.5 Å². The molecule has 1 amide bonds. The number of anilines is 1. The van der Waals surface area contributed by atoms with Crippen molar-refractivity contribution in [1.82, 2.24) is 0 Å². The fourth-order valence-corrected chi connectivity index (χ4v) is 5.24. The predicted molar refractivity (Wildman–Crippen MR) is 155 cm³/mol. The van der Waals surface area contributed by atoms with Crippen LogP contribution in [0, 0.1) is 0 Å². The fraction of sp³-hybridized carbons (Fsp3) is 0.281. The van der Waals surface area contributed by atoms with Crippen LogP contribution in [0.2, 0.25) is 5.02 Å². The second-order valence-electron chi connectivity index (χ2n) is 9.81. The van der Waals surface area contributed by atoms with Crippen molar-refractivity contribution in [2.75, 3.05) is 18.6 Å². The molecule has 1 aliphatic heterocycles. The van der Waals surface area contributed by atoms with Crippen molar-refractivity contribution in [3.8, 4) is 11.5 Å². The van der Waals surface area contributed by atoms with Gasteiger partial charge in [-0.1, -0.05) is 43.9 Å². The Kier molecular flexibility index (Phi) is 7.94. The van der Waals surface area contributed by atoms with Gasteiger partial charge in [-0.2, -0.15) is 0 Å². The molecule has 0 saturated carbocycles. The van der Waals surface area contributed by atoms with Crippen LogP contribution in [0.4, 0.5) is 5.69 Å². The number of carbonyl (C=O) groups is 2. The first-order chi connectivity index (χ1) is 19.3. The van der Waals surface area contributed by atoms with Crippen molar-refractivity contribution >= 4 is 39.9 Å². The van der Waals surface area contributed by atoms with Gasteiger partial charge in [0.05, 0.1) is 30.7 Å². The molecule has 206 valence electrons. The van der Waals surface area contributed by atoms with Gasteiger partial charge in [0, 0.05) is 16.3 Å². The van der Waals surface area contributed by atoms with Gasteiger partial charge in [0.15, 0.2) is 22.7 Å². The summed E-state index contributed by atoms with van der Waals surface area (Å²) in [4.78, 5) is 41.1. The molecule has 0 saturated heterocycles. The van der Waals surface area contributed by atoms with Gasteiger partial charge in [-0.15, -0.1) is 0 Å². The van der Waals surface area contributed by atoms with Gasteiger partial charge >= 0.3 is 0 Å². The molecule has 0 radical (unpaired) electrons. The molecule has 0 spiro atoms. The number of fused-ring (bicyclic) bond motifs is 2. The first kappa shape index (κ1) is 27.5. The highest BCUT2D eigenvalue weighted by Gasteiger charge is 2.44. The third kappa shape index (κ3) is 5.09. The van der Waals surface area contributed by atoms with E-state index in [2.05, 4.69) is 6.92 Å². The zero-order chi connectivity index (χ0) is 28.4. The SMILES string of the molecule is CCCCCCOc1ccc(C2c3c(oc4ccc(Cl)cc4c3=O)C(=O)N2c2ccc(C(C)=O)cc2)cc1OC. The van der Waals surface area contributed by atoms with E-state index in [0.717, 1.165) is 25.7 Å². The van der Waals surface area contributed by atoms with Crippen molar-refractivity contribution in [3.05, 3.63) is 98.4 Å². The largest absolute Gasteiger partial charge is 0.493 e. The molecule has 4 aromatic rings. The third-order valence-electron chi connectivity index (χ3n) is 7.14. The zero-order valence-corrected chi connectivity index (χ0v) is 23.4. The number of benzene rings is 3. The number of nitrogens with zero attached hydrogens (tertiary/aromatic N) is 1. The Morgan fingerprint density at radius 3 is 2.45 bits per heavy atom. The number of ether oxygens (including phenoxy) is 2. The molecule has 7 nitrogen and oxygen atoms in total. The minimum Gasteiger partial charge on any atom is -0.493 e. The van der Waals surface area contributed by atoms with Crippen molar-refractivity contribution < 1.29 is 23.5 Å². The summed E-state index contributed by atoms with van der Waals surface area (Å²) in [6.45, 7) is 4.20. The Morgan fingerprint density at radius 1 is 0.975 bits per heavy atom. The fourth-order valence-electron chi connectivity index (χ4n) is 5.07. The molecule has 0 bridgehead atoms. The molecule has 1 atom stereocenters. The maximum atomic E-state index is 13.9. The van der Waals surface area contributed by atoms with E-state index in [9.17, 15) is 14.4 Å². The number of ketones is 1. The van der Waals surface area contributed by atoms with Gasteiger partial charge in [0.1, 0.15) is 5.58 Å². The van der Waals surface area contributed by atoms with Crippen LogP contribution in [-0.2, 0) is 0 Å². The monoisotopic (exact) mass is 559 g/mol. The van der Waals surface area contributed by atoms with E-state index in [1.54, 1.807) is 61.7 Å². The number of hydrogen-bond acceptors (Lipinski definition) is 6. The topological polar surface area (TPSA) is 86.0 Å². The van der Waals surface area contributed by atoms with Crippen molar-refractivity contribution in [2.24, 2.45) is 0 Å². The maximum absolute atomic E-state index is 13.9. The first-order valence-electron chi connectivity index (χ1n) is 13.4. The Bertz CT molecular complexity index is 1640. The Morgan fingerprint density at radius 2 is 1.75 bits per heavy atom. The van der Waals surface area contributed by atoms with E-state index in [1.807, 2.05) is 6.07 Å². The number of unbranched alkanes of at least 4 members (excludes halogenated alkanes) is 3. The quantitative estimate of drug-likeness (QED) is 0.149. The summed E-state index contributed by atoms with van der Waals surface area (Å²) in [5.74, 6) is 0.500. The summed E-state index contributed by atoms with van der Waals surface area (Å²) in [5.41, 5.74) is 1.83. The summed E-state index contributed by atoms with van der Waals surface area (Å²) in [6.07, 6.45) is 4.32. The number of methoxy groups -OCH3 is 1. The third-order valence-corrected chi connectivity index (χ3v) is 7.38. The summed E-state index contributed by atoms with van der Waals surface area (Å²) >= 11 is 6.20. The predicted octanol–water partition coefficient (Wildman–Crippen LogP) is 7.37. The molecule has 0 N–H and O–H groups in total. The second kappa shape index (κ2) is 11.6. The number of carbonyl (C=O) groups excluding carboxylic acids is 2. The van der Waals surface area contributed by atoms with Crippen LogP contribution >= 0.6 is 11.6 Å². The molecule has 1 aliphatic rings. The smallest absolute Gasteiger partial charge is 0.295 e. The maximum Gasteiger partial charge on any atom is 0.295 e. The standard InChI is InChI=1S/C32H30ClNO6/c1-4-5-6-7-16-39-26-14-10-21(17-27(26)38-3)29-28-30(36)24-18-22(33)11-15-25(24)40-31(28)32(37)34(29)23-12-8-20(9-13-23)19(2)35/h8-15,17-18,29H,4-7,16H2,1-3H3. The van der Waals surface area contributed by atoms with Gasteiger partial charge in [-0.3, -0.25) is 19.3 Å². The summed E-state index contributed by atoms with van der Waals surface area (Å²) in [7, 11) is 1.55. The van der Waals surface area contributed by atoms with Crippen molar-refractivity contribution in [2.45, 2.75) is 45.6 Å². The van der Waals surface area contributed by atoms with Gasteiger partial charge in [-0.05, 0) is 73.5 Å². The van der Waals surface area contributed by atoms with Crippen LogP contribution in [-0.4, -0.2) is 25.4 Å². The normalized spacial score (nSPS) is 14.4. The average molecular weight is 560 g/mol. The number of Topliss-reactive ketones (excluding diaryl/α,β-unsaturated/α-hetero) is 1. The highest BCUT2D eigenvalue weighted by atomic mass is 35.5. The zero-order valence-electron chi connectivity index (χ0n) is 22.7. The van der Waals surface area contributed by atoms with E-state index >= 15 is 0 Å². The molecule has 5 rings (SSSR count). The lowest BCUT2D eigenvalue weighted by Gasteiger charge is -2.26. The molecular weight excluding hydrogens is 530 g/mol. The first-order valence-corrected chi connectivity index (χ1v) is 13.7. The van der Waals surface area contributed by atoms with E-state index in [0.29, 0.717) is 39.9 Å². The van der Waals surface area contributed by atoms with Crippen LogP contribution in [0.15, 0.2) is 69.9 Å². The number of amides is 1. The number of hydrogen-bond donors (Lipinski definition) is 0. The lowest BCUT2D eigenvalue weighted by molar-refractivity contribution is 0.0970. The number of halogens is 1. The lowest BCUT2D eigenvalue weighted by atomic mass is 9.97. The molecule has 8 heteroatoms. The average Bonchev–Trinajstić information content (AvgIpc) is 3.25. The highest BCUT2D eigenvalue weighted by Crippen LogP contribution is 2.43. The minimum absolute atomic E-state index is 0.0318. The molecule has 3 aromatic carbocycles. The van der Waals surface area contributed by atoms with Crippen LogP contribution in [0.1, 0.15) is 77.6 Å². The molecule has 0 fully saturated rings. The minimum atomic E-state index is -0.808. The van der Waals surface area contributed by atoms with E-state index < -0.39 is 11.9 Å². The van der Waals surface area contributed by atoms with Gasteiger partial charge in [0.25, 0.3) is 5.91 Å². The van der Waals surface area contributed by atoms with Crippen LogP contribution in [0.3, 0.4) is 0 Å². The van der Waals surface area contributed by atoms with Crippen molar-refractivity contribution in [3.63, 3.8) is 0 Å². The molecule has 1 aromatic heterocycles. The van der Waals surface area contributed by atoms with E-state index in [1.165, 1.54) is 11.8 Å². The highest BCUT2D eigenvalue weighted by molar-refractivity contribution is 6.31. The summed E-state index contributed by atoms with van der Waals surface area (Å²) in [5, 5.41) is 0.677. The van der Waals surface area contributed by atoms with Gasteiger partial charge in [0.2, 0.25) is 5.76 Å². The Labute approximate surface area is 237 Å². The molecule has 0 aliphatic carbocycles. The van der Waals surface area contributed by atoms with E-state index in [4.69, 9.17) is 25.5 Å². The Balaban J connectivity index is 1.63. The second-order valence-corrected chi connectivity index (χ2v) is 10.3. The Hall–Kier alpha value is -4.10. The van der Waals surface area contributed by atoms with Crippen molar-refractivity contribution in [1.29, 1.82) is 0 Å². The number of rotatable bonds is 10. The molecule has 40 heavy (non-hydrogen) atoms. The summed E-state index contributed by atoms with van der Waals surface area (Å²) < 4.78 is 17.7. The van der Waals surface area contributed by atoms with Crippen LogP contribution in [0.25, 0.3) is 11.0 Å². The molecule has 2 heterocycles.